The second-order valence-electron chi connectivity index (χ2n) is 6.50. The van der Waals surface area contributed by atoms with E-state index in [4.69, 9.17) is 0 Å². The van der Waals surface area contributed by atoms with E-state index in [0.29, 0.717) is 0 Å². The second-order valence-corrected chi connectivity index (χ2v) is 6.50. The van der Waals surface area contributed by atoms with Gasteiger partial charge >= 0.3 is 0 Å². The molecule has 1 aromatic carbocycles. The Labute approximate surface area is 143 Å². The first-order valence-corrected chi connectivity index (χ1v) is 8.75. The lowest BCUT2D eigenvalue weighted by Gasteiger charge is -2.33. The fourth-order valence-corrected chi connectivity index (χ4v) is 3.35. The highest BCUT2D eigenvalue weighted by atomic mass is 16.2. The van der Waals surface area contributed by atoms with Crippen molar-refractivity contribution >= 4 is 11.6 Å². The minimum Gasteiger partial charge on any atom is -0.337 e. The Hall–Kier alpha value is -2.14. The molecule has 0 aliphatic carbocycles. The highest BCUT2D eigenvalue weighted by Gasteiger charge is 2.27. The molecule has 2 heterocycles. The van der Waals surface area contributed by atoms with Crippen LogP contribution >= 0.6 is 0 Å². The Morgan fingerprint density at radius 2 is 1.96 bits per heavy atom. The summed E-state index contributed by atoms with van der Waals surface area (Å²) in [5, 5.41) is 0. The molecule has 3 rings (SSSR count). The van der Waals surface area contributed by atoms with Crippen LogP contribution in [0.5, 0.6) is 0 Å². The minimum absolute atomic E-state index is 0.153. The monoisotopic (exact) mass is 326 g/mol. The zero-order valence-corrected chi connectivity index (χ0v) is 14.3. The number of aromatic nitrogens is 2. The molecule has 0 unspecified atom stereocenters. The molecular weight excluding hydrogens is 300 g/mol. The van der Waals surface area contributed by atoms with Crippen molar-refractivity contribution in [2.45, 2.75) is 25.8 Å². The third-order valence-corrected chi connectivity index (χ3v) is 4.86. The van der Waals surface area contributed by atoms with Crippen LogP contribution in [0, 0.1) is 5.92 Å². The minimum atomic E-state index is 0.153. The molecular formula is C19H26N4O. The van der Waals surface area contributed by atoms with Gasteiger partial charge in [0, 0.05) is 37.6 Å². The van der Waals surface area contributed by atoms with Crippen molar-refractivity contribution in [3.8, 4) is 0 Å². The van der Waals surface area contributed by atoms with E-state index in [1.54, 1.807) is 4.90 Å². The van der Waals surface area contributed by atoms with Crippen molar-refractivity contribution < 1.29 is 4.79 Å². The van der Waals surface area contributed by atoms with E-state index in [0.717, 1.165) is 51.1 Å². The smallest absolute Gasteiger partial charge is 0.229 e. The summed E-state index contributed by atoms with van der Waals surface area (Å²) in [6.45, 7) is 4.13. The number of amides is 1. The summed E-state index contributed by atoms with van der Waals surface area (Å²) in [6.07, 6.45) is 8.73. The number of piperidine rings is 1. The number of carbonyl (C=O) groups is 1. The average Bonchev–Trinajstić information content (AvgIpc) is 3.15. The molecule has 128 valence electrons. The largest absolute Gasteiger partial charge is 0.337 e. The van der Waals surface area contributed by atoms with Crippen LogP contribution in [0.15, 0.2) is 49.1 Å². The number of hydrogen-bond donors (Lipinski definition) is 0. The van der Waals surface area contributed by atoms with Crippen molar-refractivity contribution in [1.82, 2.24) is 14.5 Å². The molecule has 0 atom stereocenters. The topological polar surface area (TPSA) is 41.4 Å². The van der Waals surface area contributed by atoms with Gasteiger partial charge in [-0.05, 0) is 51.0 Å². The second kappa shape index (κ2) is 8.11. The van der Waals surface area contributed by atoms with E-state index in [1.807, 2.05) is 56.1 Å². The first-order chi connectivity index (χ1) is 11.7. The number of aryl methyl sites for hydroxylation is 1. The van der Waals surface area contributed by atoms with E-state index in [9.17, 15) is 4.79 Å². The Morgan fingerprint density at radius 1 is 1.21 bits per heavy atom. The molecule has 5 nitrogen and oxygen atoms in total. The number of rotatable bonds is 6. The number of anilines is 1. The molecule has 0 bridgehead atoms. The highest BCUT2D eigenvalue weighted by molar-refractivity contribution is 5.94. The van der Waals surface area contributed by atoms with Crippen molar-refractivity contribution in [2.75, 3.05) is 31.6 Å². The summed E-state index contributed by atoms with van der Waals surface area (Å²) < 4.78 is 2.12. The highest BCUT2D eigenvalue weighted by Crippen LogP contribution is 2.22. The number of hydrogen-bond acceptors (Lipinski definition) is 3. The molecule has 1 amide bonds. The normalized spacial score (nSPS) is 16.2. The quantitative estimate of drug-likeness (QED) is 0.819. The van der Waals surface area contributed by atoms with Crippen molar-refractivity contribution in [1.29, 1.82) is 0 Å². The summed E-state index contributed by atoms with van der Waals surface area (Å²) in [4.78, 5) is 21.0. The fourth-order valence-electron chi connectivity index (χ4n) is 3.35. The first-order valence-electron chi connectivity index (χ1n) is 8.75. The Morgan fingerprint density at radius 3 is 2.62 bits per heavy atom. The lowest BCUT2D eigenvalue weighted by molar-refractivity contribution is -0.123. The molecule has 5 heteroatoms. The van der Waals surface area contributed by atoms with E-state index in [2.05, 4.69) is 14.5 Å². The van der Waals surface area contributed by atoms with Gasteiger partial charge in [-0.3, -0.25) is 4.79 Å². The maximum absolute atomic E-state index is 12.7. The molecule has 2 aromatic rings. The molecule has 0 saturated carbocycles. The average molecular weight is 326 g/mol. The van der Waals surface area contributed by atoms with E-state index < -0.39 is 0 Å². The molecule has 24 heavy (non-hydrogen) atoms. The van der Waals surface area contributed by atoms with Crippen LogP contribution < -0.4 is 4.90 Å². The SMILES string of the molecule is CN(C(=O)C1CCN(CCCn2ccnc2)CC1)c1ccccc1. The van der Waals surface area contributed by atoms with Crippen molar-refractivity contribution in [3.05, 3.63) is 49.1 Å². The van der Waals surface area contributed by atoms with Gasteiger partial charge in [-0.15, -0.1) is 0 Å². The Bertz CT molecular complexity index is 618. The Kier molecular flexibility index (Phi) is 5.64. The molecule has 1 aliphatic heterocycles. The summed E-state index contributed by atoms with van der Waals surface area (Å²) in [7, 11) is 1.88. The van der Waals surface area contributed by atoms with Crippen molar-refractivity contribution in [3.63, 3.8) is 0 Å². The summed E-state index contributed by atoms with van der Waals surface area (Å²) in [5.41, 5.74) is 0.977. The first kappa shape index (κ1) is 16.7. The van der Waals surface area contributed by atoms with Gasteiger partial charge in [0.15, 0.2) is 0 Å². The molecule has 0 spiro atoms. The molecule has 1 aromatic heterocycles. The van der Waals surface area contributed by atoms with Crippen LogP contribution in [0.4, 0.5) is 5.69 Å². The van der Waals surface area contributed by atoms with Crippen LogP contribution in [0.2, 0.25) is 0 Å². The van der Waals surface area contributed by atoms with Gasteiger partial charge < -0.3 is 14.4 Å². The number of para-hydroxylation sites is 1. The van der Waals surface area contributed by atoms with Gasteiger partial charge in [-0.25, -0.2) is 4.98 Å². The number of likely N-dealkylation sites (tertiary alicyclic amines) is 1. The third-order valence-electron chi connectivity index (χ3n) is 4.86. The number of benzene rings is 1. The van der Waals surface area contributed by atoms with Crippen LogP contribution in [0.3, 0.4) is 0 Å². The van der Waals surface area contributed by atoms with Crippen molar-refractivity contribution in [2.24, 2.45) is 5.92 Å². The molecule has 1 fully saturated rings. The molecule has 1 saturated heterocycles. The van der Waals surface area contributed by atoms with Crippen LogP contribution in [0.25, 0.3) is 0 Å². The summed E-state index contributed by atoms with van der Waals surface area (Å²) >= 11 is 0. The fraction of sp³-hybridized carbons (Fsp3) is 0.474. The van der Waals surface area contributed by atoms with Crippen LogP contribution in [0.1, 0.15) is 19.3 Å². The van der Waals surface area contributed by atoms with Gasteiger partial charge in [0.05, 0.1) is 6.33 Å². The van der Waals surface area contributed by atoms with Gasteiger partial charge in [-0.1, -0.05) is 18.2 Å². The number of imidazole rings is 1. The van der Waals surface area contributed by atoms with E-state index in [-0.39, 0.29) is 11.8 Å². The summed E-state index contributed by atoms with van der Waals surface area (Å²) in [6, 6.07) is 9.90. The lowest BCUT2D eigenvalue weighted by atomic mass is 9.95. The maximum atomic E-state index is 12.7. The van der Waals surface area contributed by atoms with Gasteiger partial charge in [0.25, 0.3) is 0 Å². The zero-order chi connectivity index (χ0) is 16.8. The third kappa shape index (κ3) is 4.23. The predicted molar refractivity (Wildman–Crippen MR) is 95.9 cm³/mol. The molecule has 0 N–H and O–H groups in total. The van der Waals surface area contributed by atoms with E-state index in [1.165, 1.54) is 0 Å². The molecule has 1 aliphatic rings. The van der Waals surface area contributed by atoms with Gasteiger partial charge in [0.1, 0.15) is 0 Å². The summed E-state index contributed by atoms with van der Waals surface area (Å²) in [5.74, 6) is 0.402. The van der Waals surface area contributed by atoms with Crippen LogP contribution in [-0.4, -0.2) is 47.0 Å². The Balaban J connectivity index is 1.42. The molecule has 0 radical (unpaired) electrons. The maximum Gasteiger partial charge on any atom is 0.229 e. The van der Waals surface area contributed by atoms with E-state index >= 15 is 0 Å². The predicted octanol–water partition coefficient (Wildman–Crippen LogP) is 2.65. The number of nitrogens with zero attached hydrogens (tertiary/aromatic N) is 4. The van der Waals surface area contributed by atoms with Gasteiger partial charge in [-0.2, -0.15) is 0 Å². The zero-order valence-electron chi connectivity index (χ0n) is 14.3. The van der Waals surface area contributed by atoms with Crippen LogP contribution in [-0.2, 0) is 11.3 Å². The van der Waals surface area contributed by atoms with Gasteiger partial charge in [0.2, 0.25) is 5.91 Å². The standard InChI is InChI=1S/C19H26N4O/c1-21(18-6-3-2-4-7-18)19(24)17-8-13-22(14-9-17)11-5-12-23-15-10-20-16-23/h2-4,6-7,10,15-17H,5,8-9,11-14H2,1H3. The number of carbonyl (C=O) groups excluding carboxylic acids is 1. The lowest BCUT2D eigenvalue weighted by Crippen LogP contribution is -2.41.